The van der Waals surface area contributed by atoms with E-state index in [-0.39, 0.29) is 0 Å². The van der Waals surface area contributed by atoms with Crippen LogP contribution in [0, 0.1) is 5.92 Å². The number of piperidine rings is 1. The van der Waals surface area contributed by atoms with Gasteiger partial charge in [-0.1, -0.05) is 18.2 Å². The Morgan fingerprint density at radius 1 is 1.12 bits per heavy atom. The number of ether oxygens (including phenoxy) is 1. The van der Waals surface area contributed by atoms with E-state index in [9.17, 15) is 0 Å². The van der Waals surface area contributed by atoms with Gasteiger partial charge >= 0.3 is 0 Å². The Morgan fingerprint density at radius 2 is 2.06 bits per heavy atom. The van der Waals surface area contributed by atoms with E-state index in [1.807, 2.05) is 6.20 Å². The molecule has 32 heavy (non-hydrogen) atoms. The fourth-order valence-electron chi connectivity index (χ4n) is 6.67. The standard InChI is InChI=1S/C27H36N4O/c1-19-17-30(13-14-32-19)25-8-2-5-22-16-29-23(15-24(22)25)18-31-12-4-7-21-10-9-20-6-3-11-28-26(20)27(21)31/h2-3,5-6,8,11,19,21,23,27,29H,4,7,9-10,12-18H2,1H3/t19-,21-,23+,27-/m0/s1. The number of nitrogens with one attached hydrogen (secondary N) is 1. The number of nitrogens with zero attached hydrogens (tertiary/aromatic N) is 3. The number of likely N-dealkylation sites (tertiary alicyclic amines) is 1. The second-order valence-electron chi connectivity index (χ2n) is 10.3. The molecule has 4 heterocycles. The molecule has 2 aromatic rings. The van der Waals surface area contributed by atoms with Crippen LogP contribution in [0.2, 0.25) is 0 Å². The van der Waals surface area contributed by atoms with Crippen molar-refractivity contribution in [3.63, 3.8) is 0 Å². The van der Waals surface area contributed by atoms with Crippen LogP contribution in [0.5, 0.6) is 0 Å². The van der Waals surface area contributed by atoms with Crippen LogP contribution in [0.15, 0.2) is 36.5 Å². The van der Waals surface area contributed by atoms with Crippen LogP contribution >= 0.6 is 0 Å². The first-order valence-corrected chi connectivity index (χ1v) is 12.6. The molecule has 0 radical (unpaired) electrons. The third-order valence-corrected chi connectivity index (χ3v) is 8.17. The third kappa shape index (κ3) is 3.85. The molecule has 3 aliphatic heterocycles. The fourth-order valence-corrected chi connectivity index (χ4v) is 6.67. The average molecular weight is 433 g/mol. The number of anilines is 1. The number of hydrogen-bond acceptors (Lipinski definition) is 5. The maximum atomic E-state index is 5.81. The molecule has 5 heteroatoms. The minimum atomic E-state index is 0.307. The largest absolute Gasteiger partial charge is 0.375 e. The van der Waals surface area contributed by atoms with Crippen LogP contribution < -0.4 is 10.2 Å². The van der Waals surface area contributed by atoms with Crippen LogP contribution in [0.3, 0.4) is 0 Å². The van der Waals surface area contributed by atoms with Crippen molar-refractivity contribution in [2.45, 2.75) is 63.8 Å². The van der Waals surface area contributed by atoms with Crippen LogP contribution in [-0.4, -0.2) is 54.8 Å². The van der Waals surface area contributed by atoms with Gasteiger partial charge in [-0.05, 0) is 80.3 Å². The van der Waals surface area contributed by atoms with E-state index < -0.39 is 0 Å². The van der Waals surface area contributed by atoms with Gasteiger partial charge in [-0.15, -0.1) is 0 Å². The highest BCUT2D eigenvalue weighted by molar-refractivity contribution is 5.58. The molecule has 1 N–H and O–H groups in total. The molecule has 5 nitrogen and oxygen atoms in total. The molecule has 1 aromatic carbocycles. The van der Waals surface area contributed by atoms with Crippen molar-refractivity contribution < 1.29 is 4.74 Å². The monoisotopic (exact) mass is 432 g/mol. The lowest BCUT2D eigenvalue weighted by molar-refractivity contribution is 0.0530. The fraction of sp³-hybridized carbons (Fsp3) is 0.593. The van der Waals surface area contributed by atoms with Crippen LogP contribution in [-0.2, 0) is 24.1 Å². The van der Waals surface area contributed by atoms with Gasteiger partial charge in [0.2, 0.25) is 0 Å². The van der Waals surface area contributed by atoms with Gasteiger partial charge < -0.3 is 15.0 Å². The molecule has 1 aliphatic carbocycles. The van der Waals surface area contributed by atoms with Crippen molar-refractivity contribution in [2.24, 2.45) is 5.92 Å². The highest BCUT2D eigenvalue weighted by Crippen LogP contribution is 2.43. The van der Waals surface area contributed by atoms with Crippen molar-refractivity contribution in [2.75, 3.05) is 37.7 Å². The third-order valence-electron chi connectivity index (χ3n) is 8.17. The van der Waals surface area contributed by atoms with Gasteiger partial charge in [0.15, 0.2) is 0 Å². The number of aryl methyl sites for hydroxylation is 1. The first-order chi connectivity index (χ1) is 15.8. The summed E-state index contributed by atoms with van der Waals surface area (Å²) in [6.45, 7) is 8.30. The normalized spacial score (nSPS) is 30.3. The van der Waals surface area contributed by atoms with Crippen molar-refractivity contribution in [3.8, 4) is 0 Å². The van der Waals surface area contributed by atoms with Crippen molar-refractivity contribution in [1.82, 2.24) is 15.2 Å². The van der Waals surface area contributed by atoms with Gasteiger partial charge in [0, 0.05) is 44.1 Å². The number of benzene rings is 1. The Labute approximate surface area is 192 Å². The van der Waals surface area contributed by atoms with E-state index in [0.717, 1.165) is 45.1 Å². The molecule has 4 atom stereocenters. The zero-order valence-corrected chi connectivity index (χ0v) is 19.3. The summed E-state index contributed by atoms with van der Waals surface area (Å²) in [4.78, 5) is 10.2. The molecule has 0 saturated carbocycles. The number of aromatic nitrogens is 1. The van der Waals surface area contributed by atoms with E-state index >= 15 is 0 Å². The Bertz CT molecular complexity index is 962. The second kappa shape index (κ2) is 8.77. The van der Waals surface area contributed by atoms with Crippen molar-refractivity contribution >= 4 is 5.69 Å². The molecule has 2 fully saturated rings. The maximum absolute atomic E-state index is 5.81. The number of fused-ring (bicyclic) bond motifs is 4. The first-order valence-electron chi connectivity index (χ1n) is 12.6. The zero-order valence-electron chi connectivity index (χ0n) is 19.3. The summed E-state index contributed by atoms with van der Waals surface area (Å²) in [7, 11) is 0. The minimum Gasteiger partial charge on any atom is -0.375 e. The number of pyridine rings is 1. The lowest BCUT2D eigenvalue weighted by atomic mass is 9.76. The molecule has 0 unspecified atom stereocenters. The van der Waals surface area contributed by atoms with E-state index in [2.05, 4.69) is 52.4 Å². The van der Waals surface area contributed by atoms with E-state index in [4.69, 9.17) is 9.72 Å². The summed E-state index contributed by atoms with van der Waals surface area (Å²) < 4.78 is 5.81. The molecule has 0 spiro atoms. The molecule has 4 aliphatic rings. The SMILES string of the molecule is C[C@H]1CN(c2cccc3c2C[C@H](CN2CCC[C@H]4CCc5cccnc5[C@H]42)NC3)CCO1. The molecule has 2 saturated heterocycles. The van der Waals surface area contributed by atoms with E-state index in [1.165, 1.54) is 54.7 Å². The molecular formula is C27H36N4O. The number of rotatable bonds is 3. The lowest BCUT2D eigenvalue weighted by Gasteiger charge is -2.46. The van der Waals surface area contributed by atoms with Gasteiger partial charge in [-0.3, -0.25) is 9.88 Å². The maximum Gasteiger partial charge on any atom is 0.0722 e. The zero-order chi connectivity index (χ0) is 21.5. The molecule has 0 amide bonds. The summed E-state index contributed by atoms with van der Waals surface area (Å²) >= 11 is 0. The van der Waals surface area contributed by atoms with Gasteiger partial charge in [-0.2, -0.15) is 0 Å². The van der Waals surface area contributed by atoms with Crippen molar-refractivity contribution in [3.05, 3.63) is 58.9 Å². The van der Waals surface area contributed by atoms with Crippen molar-refractivity contribution in [1.29, 1.82) is 0 Å². The first kappa shape index (κ1) is 20.6. The Kier molecular flexibility index (Phi) is 5.66. The highest BCUT2D eigenvalue weighted by atomic mass is 16.5. The second-order valence-corrected chi connectivity index (χ2v) is 10.3. The van der Waals surface area contributed by atoms with E-state index in [0.29, 0.717) is 18.2 Å². The van der Waals surface area contributed by atoms with Crippen LogP contribution in [0.1, 0.15) is 54.6 Å². The molecular weight excluding hydrogens is 396 g/mol. The van der Waals surface area contributed by atoms with Crippen LogP contribution in [0.4, 0.5) is 5.69 Å². The highest BCUT2D eigenvalue weighted by Gasteiger charge is 2.38. The molecule has 1 aromatic heterocycles. The topological polar surface area (TPSA) is 40.6 Å². The van der Waals surface area contributed by atoms with Gasteiger partial charge in [0.05, 0.1) is 24.4 Å². The Morgan fingerprint density at radius 3 is 3.00 bits per heavy atom. The van der Waals surface area contributed by atoms with Gasteiger partial charge in [-0.25, -0.2) is 0 Å². The summed E-state index contributed by atoms with van der Waals surface area (Å²) in [5, 5.41) is 3.88. The molecule has 170 valence electrons. The van der Waals surface area contributed by atoms with Gasteiger partial charge in [0.25, 0.3) is 0 Å². The summed E-state index contributed by atoms with van der Waals surface area (Å²) in [6, 6.07) is 12.3. The quantitative estimate of drug-likeness (QED) is 0.801. The summed E-state index contributed by atoms with van der Waals surface area (Å²) in [5.74, 6) is 0.771. The average Bonchev–Trinajstić information content (AvgIpc) is 2.83. The Hall–Kier alpha value is -1.95. The smallest absolute Gasteiger partial charge is 0.0722 e. The Balaban J connectivity index is 1.23. The predicted octanol–water partition coefficient (Wildman–Crippen LogP) is 3.72. The lowest BCUT2D eigenvalue weighted by Crippen LogP contribution is -2.50. The number of hydrogen-bond donors (Lipinski definition) is 1. The van der Waals surface area contributed by atoms with Crippen LogP contribution in [0.25, 0.3) is 0 Å². The minimum absolute atomic E-state index is 0.307. The molecule has 0 bridgehead atoms. The van der Waals surface area contributed by atoms with E-state index in [1.54, 1.807) is 5.56 Å². The molecule has 6 rings (SSSR count). The van der Waals surface area contributed by atoms with Gasteiger partial charge in [0.1, 0.15) is 0 Å². The summed E-state index contributed by atoms with van der Waals surface area (Å²) in [5.41, 5.74) is 7.31. The number of morpholine rings is 1. The predicted molar refractivity (Wildman–Crippen MR) is 128 cm³/mol. The summed E-state index contributed by atoms with van der Waals surface area (Å²) in [6.07, 6.45) is 8.62.